The van der Waals surface area contributed by atoms with Crippen molar-refractivity contribution >= 4 is 33.4 Å². The molecule has 4 nitrogen and oxygen atoms in total. The zero-order valence-electron chi connectivity index (χ0n) is 17.4. The van der Waals surface area contributed by atoms with Gasteiger partial charge in [-0.15, -0.1) is 0 Å². The summed E-state index contributed by atoms with van der Waals surface area (Å²) in [6.45, 7) is 0. The quantitative estimate of drug-likeness (QED) is 0.342. The van der Waals surface area contributed by atoms with Crippen LogP contribution in [-0.2, 0) is 11.2 Å². The molecule has 0 aliphatic heterocycles. The van der Waals surface area contributed by atoms with Crippen molar-refractivity contribution in [2.45, 2.75) is 12.8 Å². The summed E-state index contributed by atoms with van der Waals surface area (Å²) < 4.78 is 2.02. The highest BCUT2D eigenvalue weighted by Gasteiger charge is 2.19. The van der Waals surface area contributed by atoms with Crippen molar-refractivity contribution in [3.63, 3.8) is 0 Å². The van der Waals surface area contributed by atoms with Crippen LogP contribution in [0.4, 0.5) is 0 Å². The maximum absolute atomic E-state index is 13.8. The Balaban J connectivity index is 1.70. The summed E-state index contributed by atoms with van der Waals surface area (Å²) in [5, 5.41) is 11.8. The Bertz CT molecular complexity index is 1460. The van der Waals surface area contributed by atoms with Crippen LogP contribution in [-0.4, -0.2) is 21.4 Å². The Morgan fingerprint density at radius 1 is 0.750 bits per heavy atom. The van der Waals surface area contributed by atoms with Crippen molar-refractivity contribution in [3.05, 3.63) is 114 Å². The smallest absolute Gasteiger partial charge is 0.303 e. The number of carbonyl (C=O) groups is 2. The molecular weight excluding hydrogens is 398 g/mol. The third-order valence-corrected chi connectivity index (χ3v) is 5.81. The van der Waals surface area contributed by atoms with Gasteiger partial charge in [0.1, 0.15) is 0 Å². The summed E-state index contributed by atoms with van der Waals surface area (Å²) in [6, 6.07) is 29.4. The molecular formula is C28H21NO3. The number of ketones is 1. The molecule has 1 aromatic heterocycles. The van der Waals surface area contributed by atoms with Gasteiger partial charge in [-0.2, -0.15) is 0 Å². The molecule has 0 radical (unpaired) electrons. The largest absolute Gasteiger partial charge is 0.481 e. The number of carboxylic acids is 1. The van der Waals surface area contributed by atoms with Crippen molar-refractivity contribution < 1.29 is 14.7 Å². The van der Waals surface area contributed by atoms with E-state index in [1.165, 1.54) is 0 Å². The lowest BCUT2D eigenvalue weighted by Gasteiger charge is -2.06. The number of benzene rings is 4. The number of aromatic nitrogens is 1. The molecule has 0 spiro atoms. The summed E-state index contributed by atoms with van der Waals surface area (Å²) in [5.74, 6) is -0.879. The van der Waals surface area contributed by atoms with E-state index in [0.29, 0.717) is 17.5 Å². The zero-order valence-corrected chi connectivity index (χ0v) is 17.4. The highest BCUT2D eigenvalue weighted by molar-refractivity contribution is 6.21. The van der Waals surface area contributed by atoms with E-state index in [2.05, 4.69) is 0 Å². The number of hydrogen-bond acceptors (Lipinski definition) is 2. The normalized spacial score (nSPS) is 11.1. The van der Waals surface area contributed by atoms with Crippen LogP contribution in [0.3, 0.4) is 0 Å². The first-order valence-corrected chi connectivity index (χ1v) is 10.6. The summed E-state index contributed by atoms with van der Waals surface area (Å²) >= 11 is 0. The van der Waals surface area contributed by atoms with Crippen LogP contribution >= 0.6 is 0 Å². The van der Waals surface area contributed by atoms with Gasteiger partial charge in [-0.3, -0.25) is 9.59 Å². The molecule has 1 heterocycles. The van der Waals surface area contributed by atoms with Crippen LogP contribution in [0, 0.1) is 0 Å². The van der Waals surface area contributed by atoms with Crippen LogP contribution in [0.15, 0.2) is 97.2 Å². The molecule has 0 saturated heterocycles. The van der Waals surface area contributed by atoms with Crippen LogP contribution in [0.1, 0.15) is 27.9 Å². The van der Waals surface area contributed by atoms with E-state index >= 15 is 0 Å². The predicted octanol–water partition coefficient (Wildman–Crippen LogP) is 6.03. The topological polar surface area (TPSA) is 59.3 Å². The molecule has 0 unspecified atom stereocenters. The first-order chi connectivity index (χ1) is 15.6. The summed E-state index contributed by atoms with van der Waals surface area (Å²) in [7, 11) is 0. The molecule has 156 valence electrons. The molecule has 32 heavy (non-hydrogen) atoms. The van der Waals surface area contributed by atoms with Gasteiger partial charge in [-0.1, -0.05) is 66.7 Å². The van der Waals surface area contributed by atoms with Crippen LogP contribution in [0.25, 0.3) is 27.4 Å². The van der Waals surface area contributed by atoms with Gasteiger partial charge in [-0.25, -0.2) is 0 Å². The van der Waals surface area contributed by atoms with E-state index in [0.717, 1.165) is 32.9 Å². The average Bonchev–Trinajstić information content (AvgIpc) is 3.21. The van der Waals surface area contributed by atoms with E-state index in [1.54, 1.807) is 0 Å². The van der Waals surface area contributed by atoms with Crippen molar-refractivity contribution in [1.82, 2.24) is 4.57 Å². The lowest BCUT2D eigenvalue weighted by atomic mass is 9.96. The molecule has 0 fully saturated rings. The molecule has 0 atom stereocenters. The number of para-hydroxylation sites is 1. The minimum atomic E-state index is -0.834. The van der Waals surface area contributed by atoms with Gasteiger partial charge < -0.3 is 9.67 Å². The fourth-order valence-electron chi connectivity index (χ4n) is 4.24. The second-order valence-electron chi connectivity index (χ2n) is 7.85. The average molecular weight is 419 g/mol. The van der Waals surface area contributed by atoms with E-state index in [4.69, 9.17) is 5.11 Å². The van der Waals surface area contributed by atoms with Gasteiger partial charge in [0.2, 0.25) is 0 Å². The van der Waals surface area contributed by atoms with E-state index < -0.39 is 5.97 Å². The second-order valence-corrected chi connectivity index (χ2v) is 7.85. The Morgan fingerprint density at radius 2 is 1.50 bits per heavy atom. The van der Waals surface area contributed by atoms with Gasteiger partial charge in [0.05, 0.1) is 5.52 Å². The highest BCUT2D eigenvalue weighted by Crippen LogP contribution is 2.30. The summed E-state index contributed by atoms with van der Waals surface area (Å²) in [5.41, 5.74) is 4.05. The lowest BCUT2D eigenvalue weighted by molar-refractivity contribution is -0.136. The fourth-order valence-corrected chi connectivity index (χ4v) is 4.24. The Hall–Kier alpha value is -4.18. The number of nitrogens with zero attached hydrogens (tertiary/aromatic N) is 1. The van der Waals surface area contributed by atoms with Gasteiger partial charge in [0.15, 0.2) is 5.78 Å². The number of rotatable bonds is 6. The lowest BCUT2D eigenvalue weighted by Crippen LogP contribution is -2.02. The number of hydrogen-bond donors (Lipinski definition) is 1. The Kier molecular flexibility index (Phi) is 5.04. The van der Waals surface area contributed by atoms with Gasteiger partial charge >= 0.3 is 5.97 Å². The van der Waals surface area contributed by atoms with E-state index in [9.17, 15) is 9.59 Å². The van der Waals surface area contributed by atoms with Crippen LogP contribution < -0.4 is 0 Å². The first-order valence-electron chi connectivity index (χ1n) is 10.6. The van der Waals surface area contributed by atoms with E-state index in [1.807, 2.05) is 102 Å². The molecule has 0 bridgehead atoms. The minimum absolute atomic E-state index is 0.0446. The Morgan fingerprint density at radius 3 is 2.31 bits per heavy atom. The molecule has 0 aliphatic rings. The van der Waals surface area contributed by atoms with Gasteiger partial charge in [0.25, 0.3) is 0 Å². The maximum Gasteiger partial charge on any atom is 0.303 e. The number of fused-ring (bicyclic) bond motifs is 2. The second kappa shape index (κ2) is 8.16. The molecule has 0 amide bonds. The number of aryl methyl sites for hydroxylation is 1. The monoisotopic (exact) mass is 419 g/mol. The van der Waals surface area contributed by atoms with Crippen LogP contribution in [0.2, 0.25) is 0 Å². The zero-order chi connectivity index (χ0) is 22.1. The molecule has 1 N–H and O–H groups in total. The van der Waals surface area contributed by atoms with Crippen molar-refractivity contribution in [2.24, 2.45) is 0 Å². The van der Waals surface area contributed by atoms with E-state index in [-0.39, 0.29) is 12.2 Å². The molecule has 4 aromatic carbocycles. The van der Waals surface area contributed by atoms with Crippen LogP contribution in [0.5, 0.6) is 0 Å². The number of aliphatic carboxylic acids is 1. The van der Waals surface area contributed by atoms with Gasteiger partial charge in [-0.05, 0) is 47.0 Å². The number of carboxylic acid groups (broad SMARTS) is 1. The number of carbonyl (C=O) groups excluding carboxylic acids is 1. The Labute approximate surface area is 185 Å². The van der Waals surface area contributed by atoms with Crippen molar-refractivity contribution in [2.75, 3.05) is 0 Å². The predicted molar refractivity (Wildman–Crippen MR) is 127 cm³/mol. The van der Waals surface area contributed by atoms with Gasteiger partial charge in [0, 0.05) is 34.8 Å². The summed E-state index contributed by atoms with van der Waals surface area (Å²) in [4.78, 5) is 24.8. The third-order valence-electron chi connectivity index (χ3n) is 5.81. The van der Waals surface area contributed by atoms with Crippen molar-refractivity contribution in [1.29, 1.82) is 0 Å². The van der Waals surface area contributed by atoms with Crippen molar-refractivity contribution in [3.8, 4) is 5.69 Å². The highest BCUT2D eigenvalue weighted by atomic mass is 16.4. The third kappa shape index (κ3) is 3.56. The maximum atomic E-state index is 13.8. The SMILES string of the molecule is O=C(O)CCc1ccc2c(c1)c(C(=O)c1cccc3ccccc13)cn2-c1ccccc1. The molecule has 5 aromatic rings. The fraction of sp³-hybridized carbons (Fsp3) is 0.0714. The minimum Gasteiger partial charge on any atom is -0.481 e. The molecule has 5 rings (SSSR count). The molecule has 0 aliphatic carbocycles. The molecule has 0 saturated carbocycles. The summed E-state index contributed by atoms with van der Waals surface area (Å²) in [6.07, 6.45) is 2.37. The first kappa shape index (κ1) is 19.8. The standard InChI is InChI=1S/C28H21NO3/c30-27(31)16-14-19-13-15-26-24(17-19)25(18-29(26)21-9-2-1-3-10-21)28(32)23-12-6-8-20-7-4-5-11-22(20)23/h1-13,15,17-18H,14,16H2,(H,30,31). The molecule has 4 heteroatoms.